The second-order valence-electron chi connectivity index (χ2n) is 4.45. The smallest absolute Gasteiger partial charge is 0.185 e. The highest BCUT2D eigenvalue weighted by Crippen LogP contribution is 2.28. The first-order valence-electron chi connectivity index (χ1n) is 6.42. The first-order valence-corrected chi connectivity index (χ1v) is 6.42. The summed E-state index contributed by atoms with van der Waals surface area (Å²) in [6.07, 6.45) is 1.97. The molecule has 0 saturated heterocycles. The zero-order valence-electron chi connectivity index (χ0n) is 11.5. The molecule has 19 heavy (non-hydrogen) atoms. The van der Waals surface area contributed by atoms with Crippen molar-refractivity contribution < 1.29 is 9.13 Å². The summed E-state index contributed by atoms with van der Waals surface area (Å²) >= 11 is 0. The van der Waals surface area contributed by atoms with Crippen LogP contribution in [0.4, 0.5) is 4.39 Å². The molecule has 0 atom stereocenters. The molecule has 5 heteroatoms. The fraction of sp³-hybridized carbons (Fsp3) is 0.429. The van der Waals surface area contributed by atoms with Gasteiger partial charge in [0.05, 0.1) is 12.2 Å². The first kappa shape index (κ1) is 13.5. The van der Waals surface area contributed by atoms with Crippen LogP contribution in [0.5, 0.6) is 5.75 Å². The number of benzene rings is 1. The summed E-state index contributed by atoms with van der Waals surface area (Å²) < 4.78 is 20.7. The van der Waals surface area contributed by atoms with Gasteiger partial charge in [-0.3, -0.25) is 4.68 Å². The quantitative estimate of drug-likeness (QED) is 0.778. The number of ether oxygens (including phenoxy) is 1. The van der Waals surface area contributed by atoms with Crippen LogP contribution in [0.15, 0.2) is 18.2 Å². The maximum absolute atomic E-state index is 13.3. The largest absolute Gasteiger partial charge is 0.493 e. The van der Waals surface area contributed by atoms with Crippen LogP contribution in [0.2, 0.25) is 0 Å². The van der Waals surface area contributed by atoms with Gasteiger partial charge in [-0.05, 0) is 25.5 Å². The van der Waals surface area contributed by atoms with E-state index in [1.807, 2.05) is 14.0 Å². The Kier molecular flexibility index (Phi) is 4.14. The Morgan fingerprint density at radius 1 is 1.37 bits per heavy atom. The van der Waals surface area contributed by atoms with Gasteiger partial charge < -0.3 is 4.74 Å². The lowest BCUT2D eigenvalue weighted by Gasteiger charge is -2.09. The summed E-state index contributed by atoms with van der Waals surface area (Å²) in [4.78, 5) is 4.35. The summed E-state index contributed by atoms with van der Waals surface area (Å²) in [5, 5.41) is 4.30. The molecule has 0 fully saturated rings. The van der Waals surface area contributed by atoms with Crippen molar-refractivity contribution in [3.63, 3.8) is 0 Å². The highest BCUT2D eigenvalue weighted by atomic mass is 19.1. The standard InChI is InChI=1S/C14H18FN3O/c1-4-5-8-19-13-9-11(15)6-7-12(13)14-16-10(2)18(3)17-14/h6-7,9H,4-5,8H2,1-3H3. The lowest BCUT2D eigenvalue weighted by Crippen LogP contribution is -1.99. The normalized spacial score (nSPS) is 10.7. The zero-order chi connectivity index (χ0) is 13.8. The average Bonchev–Trinajstić information content (AvgIpc) is 2.70. The van der Waals surface area contributed by atoms with E-state index in [-0.39, 0.29) is 5.82 Å². The number of halogens is 1. The molecule has 2 aromatic rings. The van der Waals surface area contributed by atoms with Crippen molar-refractivity contribution in [2.24, 2.45) is 7.05 Å². The van der Waals surface area contributed by atoms with Gasteiger partial charge in [0.1, 0.15) is 17.4 Å². The van der Waals surface area contributed by atoms with E-state index in [2.05, 4.69) is 17.0 Å². The van der Waals surface area contributed by atoms with E-state index < -0.39 is 0 Å². The minimum atomic E-state index is -0.317. The molecule has 0 amide bonds. The van der Waals surface area contributed by atoms with Crippen molar-refractivity contribution >= 4 is 0 Å². The van der Waals surface area contributed by atoms with Crippen molar-refractivity contribution in [3.8, 4) is 17.1 Å². The van der Waals surface area contributed by atoms with E-state index in [1.54, 1.807) is 10.7 Å². The molecule has 102 valence electrons. The molecular formula is C14H18FN3O. The van der Waals surface area contributed by atoms with Crippen LogP contribution < -0.4 is 4.74 Å². The molecule has 0 radical (unpaired) electrons. The fourth-order valence-corrected chi connectivity index (χ4v) is 1.70. The van der Waals surface area contributed by atoms with Crippen molar-refractivity contribution in [3.05, 3.63) is 29.8 Å². The molecule has 1 aromatic carbocycles. The van der Waals surface area contributed by atoms with Crippen molar-refractivity contribution in [2.75, 3.05) is 6.61 Å². The van der Waals surface area contributed by atoms with Gasteiger partial charge in [-0.15, -0.1) is 0 Å². The van der Waals surface area contributed by atoms with Gasteiger partial charge in [0.2, 0.25) is 0 Å². The van der Waals surface area contributed by atoms with Gasteiger partial charge in [-0.25, -0.2) is 9.37 Å². The Balaban J connectivity index is 2.33. The molecule has 0 saturated carbocycles. The Labute approximate surface area is 112 Å². The van der Waals surface area contributed by atoms with E-state index in [4.69, 9.17) is 4.74 Å². The molecule has 4 nitrogen and oxygen atoms in total. The van der Waals surface area contributed by atoms with Gasteiger partial charge >= 0.3 is 0 Å². The highest BCUT2D eigenvalue weighted by molar-refractivity contribution is 5.63. The minimum absolute atomic E-state index is 0.317. The molecule has 0 N–H and O–H groups in total. The number of hydrogen-bond acceptors (Lipinski definition) is 3. The van der Waals surface area contributed by atoms with Crippen LogP contribution in [0.25, 0.3) is 11.4 Å². The molecule has 0 aliphatic rings. The maximum Gasteiger partial charge on any atom is 0.185 e. The highest BCUT2D eigenvalue weighted by Gasteiger charge is 2.13. The molecule has 1 heterocycles. The lowest BCUT2D eigenvalue weighted by molar-refractivity contribution is 0.309. The Bertz CT molecular complexity index is 546. The summed E-state index contributed by atoms with van der Waals surface area (Å²) in [6.45, 7) is 4.52. The second-order valence-corrected chi connectivity index (χ2v) is 4.45. The molecule has 0 aliphatic heterocycles. The molecule has 1 aromatic heterocycles. The van der Waals surface area contributed by atoms with Gasteiger partial charge in [0.15, 0.2) is 5.82 Å². The lowest BCUT2D eigenvalue weighted by atomic mass is 10.2. The molecule has 0 bridgehead atoms. The number of unbranched alkanes of at least 4 members (excludes halogenated alkanes) is 1. The Hall–Kier alpha value is -1.91. The van der Waals surface area contributed by atoms with E-state index in [9.17, 15) is 4.39 Å². The van der Waals surface area contributed by atoms with Crippen LogP contribution in [-0.2, 0) is 7.05 Å². The number of hydrogen-bond donors (Lipinski definition) is 0. The summed E-state index contributed by atoms with van der Waals surface area (Å²) in [5.74, 6) is 1.55. The third kappa shape index (κ3) is 3.10. The van der Waals surface area contributed by atoms with Crippen LogP contribution in [-0.4, -0.2) is 21.4 Å². The van der Waals surface area contributed by atoms with E-state index in [1.165, 1.54) is 12.1 Å². The summed E-state index contributed by atoms with van der Waals surface area (Å²) in [5.41, 5.74) is 0.723. The molecule has 0 unspecified atom stereocenters. The van der Waals surface area contributed by atoms with Crippen LogP contribution in [0, 0.1) is 12.7 Å². The van der Waals surface area contributed by atoms with Crippen LogP contribution in [0.3, 0.4) is 0 Å². The Morgan fingerprint density at radius 2 is 2.16 bits per heavy atom. The molecule has 0 spiro atoms. The topological polar surface area (TPSA) is 39.9 Å². The third-order valence-corrected chi connectivity index (χ3v) is 2.92. The third-order valence-electron chi connectivity index (χ3n) is 2.92. The summed E-state index contributed by atoms with van der Waals surface area (Å²) in [6, 6.07) is 4.44. The fourth-order valence-electron chi connectivity index (χ4n) is 1.70. The molecule has 0 aliphatic carbocycles. The van der Waals surface area contributed by atoms with Crippen LogP contribution in [0.1, 0.15) is 25.6 Å². The minimum Gasteiger partial charge on any atom is -0.493 e. The molecule has 2 rings (SSSR count). The van der Waals surface area contributed by atoms with Crippen molar-refractivity contribution in [1.82, 2.24) is 14.8 Å². The predicted octanol–water partition coefficient (Wildman–Crippen LogP) is 3.11. The first-order chi connectivity index (χ1) is 9.11. The summed E-state index contributed by atoms with van der Waals surface area (Å²) in [7, 11) is 1.83. The second kappa shape index (κ2) is 5.82. The van der Waals surface area contributed by atoms with E-state index in [0.717, 1.165) is 24.2 Å². The number of rotatable bonds is 5. The average molecular weight is 263 g/mol. The molecular weight excluding hydrogens is 245 g/mol. The van der Waals surface area contributed by atoms with Gasteiger partial charge in [-0.1, -0.05) is 13.3 Å². The van der Waals surface area contributed by atoms with Gasteiger partial charge in [-0.2, -0.15) is 5.10 Å². The van der Waals surface area contributed by atoms with Crippen LogP contribution >= 0.6 is 0 Å². The van der Waals surface area contributed by atoms with E-state index in [0.29, 0.717) is 18.2 Å². The predicted molar refractivity (Wildman–Crippen MR) is 71.5 cm³/mol. The number of nitrogens with zero attached hydrogens (tertiary/aromatic N) is 3. The van der Waals surface area contributed by atoms with Crippen molar-refractivity contribution in [1.29, 1.82) is 0 Å². The van der Waals surface area contributed by atoms with Crippen molar-refractivity contribution in [2.45, 2.75) is 26.7 Å². The van der Waals surface area contributed by atoms with E-state index >= 15 is 0 Å². The monoisotopic (exact) mass is 263 g/mol. The zero-order valence-corrected chi connectivity index (χ0v) is 11.5. The number of aromatic nitrogens is 3. The maximum atomic E-state index is 13.3. The van der Waals surface area contributed by atoms with Gasteiger partial charge in [0.25, 0.3) is 0 Å². The Morgan fingerprint density at radius 3 is 2.79 bits per heavy atom. The number of aryl methyl sites for hydroxylation is 2. The van der Waals surface area contributed by atoms with Gasteiger partial charge in [0, 0.05) is 13.1 Å². The SMILES string of the molecule is CCCCOc1cc(F)ccc1-c1nc(C)n(C)n1.